The highest BCUT2D eigenvalue weighted by molar-refractivity contribution is 5.95. The summed E-state index contributed by atoms with van der Waals surface area (Å²) in [6.07, 6.45) is 5.98. The number of aromatic nitrogens is 5. The van der Waals surface area contributed by atoms with Crippen LogP contribution in [0.4, 0.5) is 5.82 Å². The van der Waals surface area contributed by atoms with E-state index in [0.717, 1.165) is 25.8 Å². The zero-order valence-electron chi connectivity index (χ0n) is 20.5. The van der Waals surface area contributed by atoms with Crippen molar-refractivity contribution in [1.29, 1.82) is 0 Å². The number of furan rings is 1. The number of esters is 1. The van der Waals surface area contributed by atoms with Crippen molar-refractivity contribution in [1.82, 2.24) is 35.6 Å². The maximum Gasteiger partial charge on any atom is 0.379 e. The molecule has 4 aromatic rings. The summed E-state index contributed by atoms with van der Waals surface area (Å²) < 4.78 is 16.5. The molecule has 38 heavy (non-hydrogen) atoms. The van der Waals surface area contributed by atoms with Crippen molar-refractivity contribution < 1.29 is 23.4 Å². The molecule has 1 aliphatic heterocycles. The lowest BCUT2D eigenvalue weighted by Crippen LogP contribution is -2.38. The van der Waals surface area contributed by atoms with E-state index in [9.17, 15) is 9.59 Å². The van der Waals surface area contributed by atoms with Gasteiger partial charge in [0, 0.05) is 18.2 Å². The van der Waals surface area contributed by atoms with Gasteiger partial charge in [-0.25, -0.2) is 14.8 Å². The summed E-state index contributed by atoms with van der Waals surface area (Å²) in [5.41, 5.74) is 9.33. The SMILES string of the molecule is CC1CCCCN1Cc1c(C(=O)NN=Cc2ccccc2OC(=O)c2ccco2)nnn1-c1nonc1N. The first-order chi connectivity index (χ1) is 18.5. The van der Waals surface area contributed by atoms with Crippen LogP contribution in [0.2, 0.25) is 0 Å². The fourth-order valence-corrected chi connectivity index (χ4v) is 4.15. The first-order valence-corrected chi connectivity index (χ1v) is 12.0. The van der Waals surface area contributed by atoms with Crippen LogP contribution in [0.3, 0.4) is 0 Å². The number of benzene rings is 1. The molecule has 1 aliphatic rings. The van der Waals surface area contributed by atoms with Crippen molar-refractivity contribution in [3.05, 3.63) is 65.4 Å². The van der Waals surface area contributed by atoms with Gasteiger partial charge in [-0.05, 0) is 60.9 Å². The third-order valence-electron chi connectivity index (χ3n) is 6.18. The lowest BCUT2D eigenvalue weighted by atomic mass is 10.0. The number of likely N-dealkylation sites (tertiary alicyclic amines) is 1. The Kier molecular flexibility index (Phi) is 7.21. The molecule has 3 aromatic heterocycles. The van der Waals surface area contributed by atoms with E-state index in [1.807, 2.05) is 0 Å². The number of rotatable bonds is 8. The maximum absolute atomic E-state index is 13.1. The predicted molar refractivity (Wildman–Crippen MR) is 133 cm³/mol. The third-order valence-corrected chi connectivity index (χ3v) is 6.18. The molecular weight excluding hydrogens is 494 g/mol. The molecule has 1 unspecified atom stereocenters. The summed E-state index contributed by atoms with van der Waals surface area (Å²) in [4.78, 5) is 27.6. The first kappa shape index (κ1) is 24.8. The van der Waals surface area contributed by atoms with Gasteiger partial charge in [-0.3, -0.25) is 9.69 Å². The molecule has 14 heteroatoms. The minimum atomic E-state index is -0.658. The average Bonchev–Trinajstić information content (AvgIpc) is 3.68. The van der Waals surface area contributed by atoms with Crippen LogP contribution in [0.25, 0.3) is 5.82 Å². The molecule has 1 aromatic carbocycles. The van der Waals surface area contributed by atoms with Gasteiger partial charge in [0.15, 0.2) is 5.69 Å². The normalized spacial score (nSPS) is 16.1. The van der Waals surface area contributed by atoms with Crippen molar-refractivity contribution in [3.8, 4) is 11.6 Å². The Morgan fingerprint density at radius 2 is 2.11 bits per heavy atom. The van der Waals surface area contributed by atoms with Gasteiger partial charge in [0.05, 0.1) is 18.2 Å². The van der Waals surface area contributed by atoms with Crippen LogP contribution in [0.15, 0.2) is 56.8 Å². The number of carbonyl (C=O) groups is 2. The number of ether oxygens (including phenoxy) is 1. The van der Waals surface area contributed by atoms with Crippen LogP contribution in [0, 0.1) is 0 Å². The molecule has 0 saturated carbocycles. The average molecular weight is 520 g/mol. The van der Waals surface area contributed by atoms with Crippen LogP contribution in [0.1, 0.15) is 58.5 Å². The van der Waals surface area contributed by atoms with E-state index in [4.69, 9.17) is 19.5 Å². The molecule has 14 nitrogen and oxygen atoms in total. The maximum atomic E-state index is 13.1. The van der Waals surface area contributed by atoms with Crippen molar-refractivity contribution in [3.63, 3.8) is 0 Å². The van der Waals surface area contributed by atoms with Crippen LogP contribution >= 0.6 is 0 Å². The van der Waals surface area contributed by atoms with Gasteiger partial charge in [-0.1, -0.05) is 23.8 Å². The second-order valence-electron chi connectivity index (χ2n) is 8.69. The number of amides is 1. The highest BCUT2D eigenvalue weighted by atomic mass is 16.6. The number of hydrazone groups is 1. The molecule has 196 valence electrons. The van der Waals surface area contributed by atoms with E-state index in [-0.39, 0.29) is 28.8 Å². The van der Waals surface area contributed by atoms with E-state index in [1.54, 1.807) is 30.3 Å². The minimum Gasteiger partial charge on any atom is -0.457 e. The van der Waals surface area contributed by atoms with E-state index in [0.29, 0.717) is 23.8 Å². The fraction of sp³-hybridized carbons (Fsp3) is 0.292. The molecule has 1 fully saturated rings. The van der Waals surface area contributed by atoms with Gasteiger partial charge < -0.3 is 14.9 Å². The molecule has 1 saturated heterocycles. The predicted octanol–water partition coefficient (Wildman–Crippen LogP) is 2.18. The van der Waals surface area contributed by atoms with Crippen molar-refractivity contribution >= 4 is 23.9 Å². The third kappa shape index (κ3) is 5.29. The number of nitrogens with one attached hydrogen (secondary N) is 1. The highest BCUT2D eigenvalue weighted by Gasteiger charge is 2.28. The summed E-state index contributed by atoms with van der Waals surface area (Å²) in [7, 11) is 0. The Bertz CT molecular complexity index is 1440. The Morgan fingerprint density at radius 1 is 1.24 bits per heavy atom. The van der Waals surface area contributed by atoms with Crippen LogP contribution in [0.5, 0.6) is 5.75 Å². The number of piperidine rings is 1. The van der Waals surface area contributed by atoms with Gasteiger partial charge >= 0.3 is 5.97 Å². The Hall–Kier alpha value is -4.85. The summed E-state index contributed by atoms with van der Waals surface area (Å²) in [6.45, 7) is 3.39. The van der Waals surface area contributed by atoms with E-state index < -0.39 is 11.9 Å². The van der Waals surface area contributed by atoms with Crippen LogP contribution in [-0.4, -0.2) is 60.9 Å². The number of anilines is 1. The Labute approximate surface area is 216 Å². The molecule has 0 bridgehead atoms. The summed E-state index contributed by atoms with van der Waals surface area (Å²) in [5, 5.41) is 19.6. The van der Waals surface area contributed by atoms with Gasteiger partial charge in [-0.15, -0.1) is 5.10 Å². The van der Waals surface area contributed by atoms with Gasteiger partial charge in [0.1, 0.15) is 5.75 Å². The highest BCUT2D eigenvalue weighted by Crippen LogP contribution is 2.23. The lowest BCUT2D eigenvalue weighted by Gasteiger charge is -2.33. The Morgan fingerprint density at radius 3 is 2.87 bits per heavy atom. The number of carbonyl (C=O) groups excluding carboxylic acids is 2. The van der Waals surface area contributed by atoms with Crippen molar-refractivity contribution in [2.24, 2.45) is 5.10 Å². The van der Waals surface area contributed by atoms with E-state index >= 15 is 0 Å². The van der Waals surface area contributed by atoms with Crippen LogP contribution in [-0.2, 0) is 6.54 Å². The Balaban J connectivity index is 1.35. The molecular formula is C24H25N9O5. The van der Waals surface area contributed by atoms with Gasteiger partial charge in [0.2, 0.25) is 17.4 Å². The monoisotopic (exact) mass is 519 g/mol. The van der Waals surface area contributed by atoms with E-state index in [1.165, 1.54) is 23.2 Å². The first-order valence-electron chi connectivity index (χ1n) is 12.0. The lowest BCUT2D eigenvalue weighted by molar-refractivity contribution is 0.0700. The number of hydrogen-bond acceptors (Lipinski definition) is 12. The van der Waals surface area contributed by atoms with E-state index in [2.05, 4.69) is 43.0 Å². The largest absolute Gasteiger partial charge is 0.457 e. The molecule has 4 heterocycles. The number of nitrogens with two attached hydrogens (primary N) is 1. The quantitative estimate of drug-likeness (QED) is 0.151. The van der Waals surface area contributed by atoms with Crippen LogP contribution < -0.4 is 15.9 Å². The number of nitrogens with zero attached hydrogens (tertiary/aromatic N) is 7. The molecule has 0 radical (unpaired) electrons. The molecule has 1 amide bonds. The molecule has 1 atom stereocenters. The van der Waals surface area contributed by atoms with Crippen molar-refractivity contribution in [2.75, 3.05) is 12.3 Å². The minimum absolute atomic E-state index is 0.0218. The molecule has 3 N–H and O–H groups in total. The second kappa shape index (κ2) is 11.0. The van der Waals surface area contributed by atoms with Crippen molar-refractivity contribution in [2.45, 2.75) is 38.8 Å². The zero-order chi connectivity index (χ0) is 26.5. The van der Waals surface area contributed by atoms with Gasteiger partial charge in [-0.2, -0.15) is 9.78 Å². The molecule has 5 rings (SSSR count). The van der Waals surface area contributed by atoms with Gasteiger partial charge in [0.25, 0.3) is 5.91 Å². The number of hydrogen-bond donors (Lipinski definition) is 2. The summed E-state index contributed by atoms with van der Waals surface area (Å²) in [5.74, 6) is -0.777. The number of para-hydroxylation sites is 1. The number of nitrogen functional groups attached to an aromatic ring is 1. The second-order valence-corrected chi connectivity index (χ2v) is 8.69. The smallest absolute Gasteiger partial charge is 0.379 e. The zero-order valence-corrected chi connectivity index (χ0v) is 20.5. The molecule has 0 aliphatic carbocycles. The standard InChI is InChI=1S/C24H25N9O5/c1-15-7-4-5-11-32(15)14-17-20(27-31-33(17)22-21(25)29-38-30-22)23(34)28-26-13-16-8-2-3-9-18(16)37-24(35)19-10-6-12-36-19/h2-3,6,8-10,12-13,15H,4-5,7,11,14H2,1H3,(H2,25,29)(H,28,34). The fourth-order valence-electron chi connectivity index (χ4n) is 4.15. The summed E-state index contributed by atoms with van der Waals surface area (Å²) in [6, 6.07) is 10.1. The topological polar surface area (TPSA) is 180 Å². The summed E-state index contributed by atoms with van der Waals surface area (Å²) >= 11 is 0. The molecule has 0 spiro atoms.